The largest absolute Gasteiger partial charge is 0.492 e. The van der Waals surface area contributed by atoms with E-state index in [1.807, 2.05) is 54.6 Å². The molecular weight excluding hydrogens is 262 g/mol. The molecule has 3 nitrogen and oxygen atoms in total. The first-order valence-corrected chi connectivity index (χ1v) is 6.88. The Labute approximate surface area is 126 Å². The van der Waals surface area contributed by atoms with Crippen LogP contribution in [0.3, 0.4) is 0 Å². The lowest BCUT2D eigenvalue weighted by Gasteiger charge is -2.07. The standard InChI is InChI=1S/C17H17NO2.CH4/c19-17(14-4-2-1-3-5-14)15-6-8-16(9-7-15)20-13-12-18-10-11-18;/h1-9H,10-13H2;1H4. The minimum atomic E-state index is 0. The molecule has 0 amide bonds. The number of ketones is 1. The minimum absolute atomic E-state index is 0. The molecule has 0 aliphatic carbocycles. The van der Waals surface area contributed by atoms with Crippen molar-refractivity contribution in [2.24, 2.45) is 0 Å². The van der Waals surface area contributed by atoms with Crippen molar-refractivity contribution in [1.29, 1.82) is 0 Å². The minimum Gasteiger partial charge on any atom is -0.492 e. The van der Waals surface area contributed by atoms with Crippen LogP contribution in [0.25, 0.3) is 0 Å². The van der Waals surface area contributed by atoms with E-state index < -0.39 is 0 Å². The maximum atomic E-state index is 12.2. The van der Waals surface area contributed by atoms with Gasteiger partial charge in [0.2, 0.25) is 0 Å². The molecule has 2 aromatic rings. The molecule has 21 heavy (non-hydrogen) atoms. The van der Waals surface area contributed by atoms with Gasteiger partial charge >= 0.3 is 0 Å². The summed E-state index contributed by atoms with van der Waals surface area (Å²) in [6, 6.07) is 16.7. The van der Waals surface area contributed by atoms with Gasteiger partial charge in [-0.05, 0) is 24.3 Å². The van der Waals surface area contributed by atoms with Gasteiger partial charge in [0.05, 0.1) is 0 Å². The highest BCUT2D eigenvalue weighted by Gasteiger charge is 2.16. The number of ether oxygens (including phenoxy) is 1. The lowest BCUT2D eigenvalue weighted by molar-refractivity contribution is 0.103. The van der Waals surface area contributed by atoms with Crippen LogP contribution in [-0.4, -0.2) is 36.9 Å². The first-order valence-electron chi connectivity index (χ1n) is 6.88. The van der Waals surface area contributed by atoms with Gasteiger partial charge in [-0.1, -0.05) is 37.8 Å². The summed E-state index contributed by atoms with van der Waals surface area (Å²) in [5.41, 5.74) is 1.40. The Kier molecular flexibility index (Phi) is 5.12. The second-order valence-electron chi connectivity index (χ2n) is 4.91. The fraction of sp³-hybridized carbons (Fsp3) is 0.278. The lowest BCUT2D eigenvalue weighted by Crippen LogP contribution is -2.10. The van der Waals surface area contributed by atoms with Crippen LogP contribution < -0.4 is 4.74 Å². The molecule has 0 saturated carbocycles. The van der Waals surface area contributed by atoms with E-state index in [2.05, 4.69) is 4.90 Å². The van der Waals surface area contributed by atoms with Crippen LogP contribution in [0.2, 0.25) is 0 Å². The number of carbonyl (C=O) groups excluding carboxylic acids is 1. The highest BCUT2D eigenvalue weighted by atomic mass is 16.5. The average Bonchev–Trinajstić information content (AvgIpc) is 3.32. The number of benzene rings is 2. The Morgan fingerprint density at radius 2 is 1.57 bits per heavy atom. The molecule has 0 N–H and O–H groups in total. The van der Waals surface area contributed by atoms with E-state index in [-0.39, 0.29) is 13.2 Å². The van der Waals surface area contributed by atoms with Gasteiger partial charge in [-0.2, -0.15) is 0 Å². The zero-order chi connectivity index (χ0) is 13.8. The summed E-state index contributed by atoms with van der Waals surface area (Å²) in [6.45, 7) is 4.05. The molecule has 110 valence electrons. The van der Waals surface area contributed by atoms with Crippen LogP contribution in [0.15, 0.2) is 54.6 Å². The fourth-order valence-electron chi connectivity index (χ4n) is 2.05. The first kappa shape index (κ1) is 15.3. The van der Waals surface area contributed by atoms with E-state index in [1.54, 1.807) is 0 Å². The van der Waals surface area contributed by atoms with Gasteiger partial charge in [0.1, 0.15) is 12.4 Å². The van der Waals surface area contributed by atoms with E-state index in [9.17, 15) is 4.79 Å². The molecule has 1 heterocycles. The molecular formula is C18H21NO2. The molecule has 0 atom stereocenters. The average molecular weight is 283 g/mol. The molecule has 1 fully saturated rings. The van der Waals surface area contributed by atoms with E-state index in [4.69, 9.17) is 4.74 Å². The zero-order valence-electron chi connectivity index (χ0n) is 11.3. The SMILES string of the molecule is C.O=C(c1ccccc1)c1ccc(OCCN2CC2)cc1. The third-order valence-electron chi connectivity index (χ3n) is 3.37. The van der Waals surface area contributed by atoms with E-state index >= 15 is 0 Å². The molecule has 3 rings (SSSR count). The van der Waals surface area contributed by atoms with Crippen LogP contribution >= 0.6 is 0 Å². The third kappa shape index (κ3) is 4.17. The molecule has 2 aromatic carbocycles. The van der Waals surface area contributed by atoms with Gasteiger partial charge in [0, 0.05) is 30.8 Å². The number of hydrogen-bond donors (Lipinski definition) is 0. The molecule has 0 unspecified atom stereocenters. The predicted octanol–water partition coefficient (Wildman–Crippen LogP) is 3.25. The fourth-order valence-corrected chi connectivity index (χ4v) is 2.05. The molecule has 1 aliphatic heterocycles. The normalized spacial score (nSPS) is 13.3. The number of rotatable bonds is 6. The molecule has 3 heteroatoms. The molecule has 1 saturated heterocycles. The topological polar surface area (TPSA) is 29.3 Å². The van der Waals surface area contributed by atoms with Gasteiger partial charge in [-0.15, -0.1) is 0 Å². The summed E-state index contributed by atoms with van der Waals surface area (Å²) < 4.78 is 5.64. The van der Waals surface area contributed by atoms with Crippen molar-refractivity contribution in [3.63, 3.8) is 0 Å². The zero-order valence-corrected chi connectivity index (χ0v) is 11.3. The predicted molar refractivity (Wildman–Crippen MR) is 85.0 cm³/mol. The molecule has 0 spiro atoms. The molecule has 1 aliphatic rings. The van der Waals surface area contributed by atoms with Gasteiger partial charge in [-0.3, -0.25) is 9.69 Å². The van der Waals surface area contributed by atoms with Crippen LogP contribution in [0.1, 0.15) is 23.3 Å². The summed E-state index contributed by atoms with van der Waals surface area (Å²) in [5, 5.41) is 0. The molecule has 0 radical (unpaired) electrons. The first-order chi connectivity index (χ1) is 9.83. The van der Waals surface area contributed by atoms with Crippen molar-refractivity contribution in [2.75, 3.05) is 26.2 Å². The van der Waals surface area contributed by atoms with Gasteiger partial charge < -0.3 is 4.74 Å². The number of nitrogens with zero attached hydrogens (tertiary/aromatic N) is 1. The number of carbonyl (C=O) groups is 1. The molecule has 0 aromatic heterocycles. The van der Waals surface area contributed by atoms with E-state index in [0.29, 0.717) is 17.7 Å². The lowest BCUT2D eigenvalue weighted by atomic mass is 10.0. The summed E-state index contributed by atoms with van der Waals surface area (Å²) in [5.74, 6) is 0.859. The Morgan fingerprint density at radius 1 is 0.952 bits per heavy atom. The van der Waals surface area contributed by atoms with Crippen LogP contribution in [0.5, 0.6) is 5.75 Å². The quantitative estimate of drug-likeness (QED) is 0.602. The van der Waals surface area contributed by atoms with E-state index in [1.165, 1.54) is 13.1 Å². The highest BCUT2D eigenvalue weighted by Crippen LogP contribution is 2.15. The maximum absolute atomic E-state index is 12.2. The second kappa shape index (κ2) is 7.04. The van der Waals surface area contributed by atoms with Crippen molar-refractivity contribution in [2.45, 2.75) is 7.43 Å². The maximum Gasteiger partial charge on any atom is 0.193 e. The Bertz CT molecular complexity index is 574. The molecule has 0 bridgehead atoms. The smallest absolute Gasteiger partial charge is 0.193 e. The van der Waals surface area contributed by atoms with Crippen LogP contribution in [0.4, 0.5) is 0 Å². The van der Waals surface area contributed by atoms with Crippen molar-refractivity contribution in [3.05, 3.63) is 65.7 Å². The van der Waals surface area contributed by atoms with Gasteiger partial charge in [0.25, 0.3) is 0 Å². The third-order valence-corrected chi connectivity index (χ3v) is 3.37. The summed E-state index contributed by atoms with van der Waals surface area (Å²) in [7, 11) is 0. The summed E-state index contributed by atoms with van der Waals surface area (Å²) in [6.07, 6.45) is 0. The van der Waals surface area contributed by atoms with Crippen LogP contribution in [0, 0.1) is 0 Å². The van der Waals surface area contributed by atoms with Crippen LogP contribution in [-0.2, 0) is 0 Å². The monoisotopic (exact) mass is 283 g/mol. The van der Waals surface area contributed by atoms with E-state index in [0.717, 1.165) is 12.3 Å². The van der Waals surface area contributed by atoms with Gasteiger partial charge in [0.15, 0.2) is 5.78 Å². The summed E-state index contributed by atoms with van der Waals surface area (Å²) in [4.78, 5) is 14.5. The van der Waals surface area contributed by atoms with Crippen molar-refractivity contribution in [1.82, 2.24) is 4.90 Å². The highest BCUT2D eigenvalue weighted by molar-refractivity contribution is 6.08. The number of hydrogen-bond acceptors (Lipinski definition) is 3. The summed E-state index contributed by atoms with van der Waals surface area (Å²) >= 11 is 0. The van der Waals surface area contributed by atoms with Crippen molar-refractivity contribution < 1.29 is 9.53 Å². The van der Waals surface area contributed by atoms with Gasteiger partial charge in [-0.25, -0.2) is 0 Å². The Morgan fingerprint density at radius 3 is 2.19 bits per heavy atom. The Hall–Kier alpha value is -2.13. The Balaban J connectivity index is 0.00000161. The van der Waals surface area contributed by atoms with Crippen molar-refractivity contribution in [3.8, 4) is 5.75 Å². The van der Waals surface area contributed by atoms with Crippen molar-refractivity contribution >= 4 is 5.78 Å². The second-order valence-corrected chi connectivity index (χ2v) is 4.91.